The summed E-state index contributed by atoms with van der Waals surface area (Å²) in [5, 5.41) is 2.04. The fraction of sp³-hybridized carbons (Fsp3) is 0.250. The molecule has 2 nitrogen and oxygen atoms in total. The highest BCUT2D eigenvalue weighted by atomic mass is 16.5. The summed E-state index contributed by atoms with van der Waals surface area (Å²) in [5.74, 6) is 8.56. The molecule has 0 atom stereocenters. The molecule has 2 aromatic rings. The lowest BCUT2D eigenvalue weighted by molar-refractivity contribution is 0.0600. The van der Waals surface area contributed by atoms with Crippen LogP contribution in [0.25, 0.3) is 10.8 Å². The minimum atomic E-state index is -0.359. The zero-order chi connectivity index (χ0) is 15.8. The van der Waals surface area contributed by atoms with Gasteiger partial charge in [0.2, 0.25) is 0 Å². The Morgan fingerprint density at radius 3 is 2.68 bits per heavy atom. The number of esters is 1. The van der Waals surface area contributed by atoms with Crippen LogP contribution in [-0.2, 0) is 4.74 Å². The molecule has 0 saturated heterocycles. The first kappa shape index (κ1) is 15.7. The number of ether oxygens (including phenoxy) is 1. The highest BCUT2D eigenvalue weighted by Gasteiger charge is 2.13. The van der Waals surface area contributed by atoms with Gasteiger partial charge in [-0.1, -0.05) is 42.2 Å². The van der Waals surface area contributed by atoms with Crippen molar-refractivity contribution >= 4 is 16.7 Å². The first-order valence-corrected chi connectivity index (χ1v) is 7.30. The molecule has 110 valence electrons. The van der Waals surface area contributed by atoms with Crippen molar-refractivity contribution in [3.8, 4) is 24.2 Å². The van der Waals surface area contributed by atoms with Crippen molar-refractivity contribution in [3.63, 3.8) is 0 Å². The molecule has 0 aliphatic rings. The quantitative estimate of drug-likeness (QED) is 0.480. The van der Waals surface area contributed by atoms with Crippen LogP contribution in [0, 0.1) is 24.2 Å². The molecule has 0 N–H and O–H groups in total. The van der Waals surface area contributed by atoms with E-state index in [4.69, 9.17) is 11.2 Å². The van der Waals surface area contributed by atoms with Crippen molar-refractivity contribution in [1.82, 2.24) is 0 Å². The highest BCUT2D eigenvalue weighted by molar-refractivity contribution is 6.00. The van der Waals surface area contributed by atoms with E-state index in [9.17, 15) is 4.79 Å². The lowest BCUT2D eigenvalue weighted by atomic mass is 9.99. The number of terminal acetylenes is 1. The molecule has 0 aromatic heterocycles. The van der Waals surface area contributed by atoms with E-state index in [2.05, 4.69) is 17.8 Å². The number of hydrogen-bond acceptors (Lipinski definition) is 2. The minimum Gasteiger partial charge on any atom is -0.465 e. The minimum absolute atomic E-state index is 0.359. The summed E-state index contributed by atoms with van der Waals surface area (Å²) < 4.78 is 4.86. The van der Waals surface area contributed by atoms with Crippen LogP contribution < -0.4 is 0 Å². The van der Waals surface area contributed by atoms with Gasteiger partial charge in [-0.3, -0.25) is 0 Å². The number of carbonyl (C=O) groups is 1. The maximum absolute atomic E-state index is 11.9. The third-order valence-corrected chi connectivity index (χ3v) is 3.42. The Kier molecular flexibility index (Phi) is 5.64. The van der Waals surface area contributed by atoms with E-state index < -0.39 is 0 Å². The van der Waals surface area contributed by atoms with Crippen molar-refractivity contribution in [3.05, 3.63) is 47.5 Å². The molecule has 2 aromatic carbocycles. The fourth-order valence-electron chi connectivity index (χ4n) is 2.28. The van der Waals surface area contributed by atoms with E-state index in [1.807, 2.05) is 30.3 Å². The number of unbranched alkanes of at least 4 members (excludes halogenated alkanes) is 3. The highest BCUT2D eigenvalue weighted by Crippen LogP contribution is 2.22. The van der Waals surface area contributed by atoms with E-state index in [1.165, 1.54) is 7.11 Å². The van der Waals surface area contributed by atoms with Gasteiger partial charge in [0, 0.05) is 18.4 Å². The van der Waals surface area contributed by atoms with Crippen LogP contribution in [0.15, 0.2) is 36.4 Å². The Bertz CT molecular complexity index is 770. The molecule has 22 heavy (non-hydrogen) atoms. The first-order valence-electron chi connectivity index (χ1n) is 7.30. The van der Waals surface area contributed by atoms with Gasteiger partial charge in [0.15, 0.2) is 0 Å². The first-order chi connectivity index (χ1) is 10.8. The SMILES string of the molecule is C#CCCCCC#Cc1c(C(=O)OC)ccc2ccccc12. The molecule has 2 heteroatoms. The van der Waals surface area contributed by atoms with Gasteiger partial charge in [-0.05, 0) is 29.7 Å². The lowest BCUT2D eigenvalue weighted by Crippen LogP contribution is -2.04. The van der Waals surface area contributed by atoms with Gasteiger partial charge in [0.1, 0.15) is 0 Å². The van der Waals surface area contributed by atoms with E-state index >= 15 is 0 Å². The predicted molar refractivity (Wildman–Crippen MR) is 89.5 cm³/mol. The fourth-order valence-corrected chi connectivity index (χ4v) is 2.28. The van der Waals surface area contributed by atoms with Crippen molar-refractivity contribution in [2.24, 2.45) is 0 Å². The Labute approximate surface area is 131 Å². The second-order valence-electron chi connectivity index (χ2n) is 4.91. The van der Waals surface area contributed by atoms with Crippen LogP contribution in [-0.4, -0.2) is 13.1 Å². The average molecular weight is 290 g/mol. The molecule has 0 heterocycles. The van der Waals surface area contributed by atoms with E-state index in [0.29, 0.717) is 5.56 Å². The van der Waals surface area contributed by atoms with Crippen molar-refractivity contribution < 1.29 is 9.53 Å². The Morgan fingerprint density at radius 1 is 1.14 bits per heavy atom. The monoisotopic (exact) mass is 290 g/mol. The Hall–Kier alpha value is -2.71. The molecular weight excluding hydrogens is 272 g/mol. The van der Waals surface area contributed by atoms with Gasteiger partial charge >= 0.3 is 5.97 Å². The van der Waals surface area contributed by atoms with Crippen LogP contribution in [0.3, 0.4) is 0 Å². The van der Waals surface area contributed by atoms with E-state index in [1.54, 1.807) is 6.07 Å². The summed E-state index contributed by atoms with van der Waals surface area (Å²) in [6.45, 7) is 0. The molecule has 0 fully saturated rings. The van der Waals surface area contributed by atoms with Gasteiger partial charge in [-0.25, -0.2) is 4.79 Å². The maximum Gasteiger partial charge on any atom is 0.339 e. The number of carbonyl (C=O) groups excluding carboxylic acids is 1. The maximum atomic E-state index is 11.9. The normalized spacial score (nSPS) is 9.64. The number of methoxy groups -OCH3 is 1. The number of rotatable bonds is 4. The Morgan fingerprint density at radius 2 is 1.91 bits per heavy atom. The third kappa shape index (κ3) is 3.68. The van der Waals surface area contributed by atoms with E-state index in [-0.39, 0.29) is 5.97 Å². The average Bonchev–Trinajstić information content (AvgIpc) is 2.57. The zero-order valence-corrected chi connectivity index (χ0v) is 12.7. The van der Waals surface area contributed by atoms with Crippen LogP contribution in [0.5, 0.6) is 0 Å². The smallest absolute Gasteiger partial charge is 0.339 e. The summed E-state index contributed by atoms with van der Waals surface area (Å²) >= 11 is 0. The van der Waals surface area contributed by atoms with Crippen LogP contribution in [0.2, 0.25) is 0 Å². The van der Waals surface area contributed by atoms with E-state index in [0.717, 1.165) is 42.0 Å². The summed E-state index contributed by atoms with van der Waals surface area (Å²) in [6, 6.07) is 11.6. The molecule has 0 saturated carbocycles. The van der Waals surface area contributed by atoms with Crippen LogP contribution >= 0.6 is 0 Å². The molecule has 0 aliphatic heterocycles. The van der Waals surface area contributed by atoms with Gasteiger partial charge in [-0.2, -0.15) is 0 Å². The molecule has 0 amide bonds. The lowest BCUT2D eigenvalue weighted by Gasteiger charge is -2.06. The molecule has 0 spiro atoms. The predicted octanol–water partition coefficient (Wildman–Crippen LogP) is 4.17. The topological polar surface area (TPSA) is 26.3 Å². The molecule has 0 bridgehead atoms. The summed E-state index contributed by atoms with van der Waals surface area (Å²) in [7, 11) is 1.38. The second-order valence-corrected chi connectivity index (χ2v) is 4.91. The number of fused-ring (bicyclic) bond motifs is 1. The van der Waals surface area contributed by atoms with Crippen molar-refractivity contribution in [1.29, 1.82) is 0 Å². The van der Waals surface area contributed by atoms with Gasteiger partial charge in [-0.15, -0.1) is 12.3 Å². The largest absolute Gasteiger partial charge is 0.465 e. The second kappa shape index (κ2) is 7.91. The third-order valence-electron chi connectivity index (χ3n) is 3.42. The molecule has 2 rings (SSSR count). The van der Waals surface area contributed by atoms with Gasteiger partial charge < -0.3 is 4.74 Å². The summed E-state index contributed by atoms with van der Waals surface area (Å²) in [6.07, 6.45) is 8.72. The van der Waals surface area contributed by atoms with Crippen LogP contribution in [0.4, 0.5) is 0 Å². The zero-order valence-electron chi connectivity index (χ0n) is 12.7. The van der Waals surface area contributed by atoms with Gasteiger partial charge in [0.25, 0.3) is 0 Å². The van der Waals surface area contributed by atoms with Crippen molar-refractivity contribution in [2.75, 3.05) is 7.11 Å². The van der Waals surface area contributed by atoms with Gasteiger partial charge in [0.05, 0.1) is 12.7 Å². The summed E-state index contributed by atoms with van der Waals surface area (Å²) in [5.41, 5.74) is 1.25. The molecule has 0 unspecified atom stereocenters. The molecule has 0 aliphatic carbocycles. The van der Waals surface area contributed by atoms with Crippen molar-refractivity contribution in [2.45, 2.75) is 25.7 Å². The Balaban J connectivity index is 2.34. The van der Waals surface area contributed by atoms with Crippen LogP contribution in [0.1, 0.15) is 41.6 Å². The molecular formula is C20H18O2. The number of hydrogen-bond donors (Lipinski definition) is 0. The number of benzene rings is 2. The molecule has 0 radical (unpaired) electrons. The summed E-state index contributed by atoms with van der Waals surface area (Å²) in [4.78, 5) is 11.9. The standard InChI is InChI=1S/C20H18O2/c1-3-4-5-6-7-8-13-18-17-12-10-9-11-16(17)14-15-19(18)20(21)22-2/h1,9-12,14-15H,4-7H2,2H3.